The van der Waals surface area contributed by atoms with E-state index in [1.54, 1.807) is 6.92 Å². The standard InChI is InChI=1S/C17H20F2O4/c1-6-22-16(20)15-12(9(2)17(3,4)23-15)10-7-8-11(18)13(19)14(10)21-5/h7-9H,6H2,1-5H3. The molecule has 0 bridgehead atoms. The number of carbonyl (C=O) groups excluding carboxylic acids is 1. The molecule has 2 rings (SSSR count). The van der Waals surface area contributed by atoms with Crippen LogP contribution in [-0.4, -0.2) is 25.3 Å². The summed E-state index contributed by atoms with van der Waals surface area (Å²) in [5, 5.41) is 0. The molecule has 0 aromatic heterocycles. The van der Waals surface area contributed by atoms with E-state index >= 15 is 0 Å². The van der Waals surface area contributed by atoms with Gasteiger partial charge in [0, 0.05) is 17.1 Å². The molecule has 1 atom stereocenters. The van der Waals surface area contributed by atoms with E-state index in [0.29, 0.717) is 5.57 Å². The van der Waals surface area contributed by atoms with Gasteiger partial charge in [0.1, 0.15) is 5.60 Å². The van der Waals surface area contributed by atoms with Gasteiger partial charge in [0.2, 0.25) is 11.6 Å². The third kappa shape index (κ3) is 2.90. The van der Waals surface area contributed by atoms with Gasteiger partial charge in [0.05, 0.1) is 13.7 Å². The molecule has 0 amide bonds. The molecule has 0 N–H and O–H groups in total. The van der Waals surface area contributed by atoms with Gasteiger partial charge < -0.3 is 14.2 Å². The van der Waals surface area contributed by atoms with E-state index in [4.69, 9.17) is 14.2 Å². The highest BCUT2D eigenvalue weighted by Gasteiger charge is 2.44. The first-order chi connectivity index (χ1) is 10.7. The molecular weight excluding hydrogens is 306 g/mol. The van der Waals surface area contributed by atoms with Crippen molar-refractivity contribution in [1.82, 2.24) is 0 Å². The lowest BCUT2D eigenvalue weighted by Gasteiger charge is -2.25. The molecule has 6 heteroatoms. The van der Waals surface area contributed by atoms with Crippen LogP contribution in [0.25, 0.3) is 5.57 Å². The Labute approximate surface area is 134 Å². The molecule has 0 saturated heterocycles. The summed E-state index contributed by atoms with van der Waals surface area (Å²) in [5.74, 6) is -3.25. The van der Waals surface area contributed by atoms with Gasteiger partial charge in [-0.15, -0.1) is 0 Å². The van der Waals surface area contributed by atoms with Gasteiger partial charge in [-0.25, -0.2) is 9.18 Å². The van der Waals surface area contributed by atoms with Gasteiger partial charge in [0.25, 0.3) is 0 Å². The highest BCUT2D eigenvalue weighted by Crippen LogP contribution is 2.47. The van der Waals surface area contributed by atoms with Crippen molar-refractivity contribution in [2.24, 2.45) is 5.92 Å². The van der Waals surface area contributed by atoms with E-state index in [1.807, 2.05) is 20.8 Å². The zero-order valence-corrected chi connectivity index (χ0v) is 13.8. The molecule has 1 aliphatic heterocycles. The van der Waals surface area contributed by atoms with Crippen molar-refractivity contribution in [1.29, 1.82) is 0 Å². The minimum Gasteiger partial charge on any atom is -0.493 e. The highest BCUT2D eigenvalue weighted by molar-refractivity contribution is 5.98. The molecular formula is C17H20F2O4. The SMILES string of the molecule is CCOC(=O)C1=C(c2ccc(F)c(F)c2OC)C(C)C(C)(C)O1. The van der Waals surface area contributed by atoms with Crippen LogP contribution in [0.3, 0.4) is 0 Å². The molecule has 1 unspecified atom stereocenters. The second-order valence-corrected chi connectivity index (χ2v) is 5.83. The monoisotopic (exact) mass is 326 g/mol. The van der Waals surface area contributed by atoms with Crippen LogP contribution in [0.2, 0.25) is 0 Å². The van der Waals surface area contributed by atoms with Crippen molar-refractivity contribution in [2.45, 2.75) is 33.3 Å². The first-order valence-corrected chi connectivity index (χ1v) is 7.37. The van der Waals surface area contributed by atoms with Gasteiger partial charge >= 0.3 is 5.97 Å². The van der Waals surface area contributed by atoms with Crippen LogP contribution in [0.15, 0.2) is 17.9 Å². The number of carbonyl (C=O) groups is 1. The summed E-state index contributed by atoms with van der Waals surface area (Å²) < 4.78 is 43.3. The van der Waals surface area contributed by atoms with E-state index in [0.717, 1.165) is 6.07 Å². The van der Waals surface area contributed by atoms with Crippen molar-refractivity contribution in [3.63, 3.8) is 0 Å². The summed E-state index contributed by atoms with van der Waals surface area (Å²) in [7, 11) is 1.25. The van der Waals surface area contributed by atoms with Crippen LogP contribution in [0.4, 0.5) is 8.78 Å². The highest BCUT2D eigenvalue weighted by atomic mass is 19.2. The summed E-state index contributed by atoms with van der Waals surface area (Å²) in [6.07, 6.45) is 0. The Hall–Kier alpha value is -2.11. The van der Waals surface area contributed by atoms with Crippen LogP contribution in [-0.2, 0) is 14.3 Å². The molecule has 1 aromatic carbocycles. The van der Waals surface area contributed by atoms with Crippen LogP contribution >= 0.6 is 0 Å². The third-order valence-electron chi connectivity index (χ3n) is 4.09. The van der Waals surface area contributed by atoms with Gasteiger partial charge in [-0.2, -0.15) is 4.39 Å². The Bertz CT molecular complexity index is 665. The molecule has 0 spiro atoms. The molecule has 0 radical (unpaired) electrons. The number of benzene rings is 1. The van der Waals surface area contributed by atoms with Crippen molar-refractivity contribution in [3.05, 3.63) is 35.1 Å². The fourth-order valence-corrected chi connectivity index (χ4v) is 2.60. The number of rotatable bonds is 4. The predicted molar refractivity (Wildman–Crippen MR) is 80.8 cm³/mol. The average molecular weight is 326 g/mol. The molecule has 1 heterocycles. The van der Waals surface area contributed by atoms with Gasteiger partial charge in [-0.05, 0) is 32.9 Å². The number of halogens is 2. The van der Waals surface area contributed by atoms with E-state index in [-0.39, 0.29) is 29.6 Å². The fraction of sp³-hybridized carbons (Fsp3) is 0.471. The number of methoxy groups -OCH3 is 1. The van der Waals surface area contributed by atoms with Crippen LogP contribution < -0.4 is 4.74 Å². The Morgan fingerprint density at radius 1 is 1.35 bits per heavy atom. The Balaban J connectivity index is 2.67. The second kappa shape index (κ2) is 6.18. The largest absolute Gasteiger partial charge is 0.493 e. The first kappa shape index (κ1) is 17.2. The summed E-state index contributed by atoms with van der Waals surface area (Å²) in [6, 6.07) is 2.38. The Kier molecular flexibility index (Phi) is 4.63. The third-order valence-corrected chi connectivity index (χ3v) is 4.09. The topological polar surface area (TPSA) is 44.8 Å². The van der Waals surface area contributed by atoms with Gasteiger partial charge in [0.15, 0.2) is 11.6 Å². The quantitative estimate of drug-likeness (QED) is 0.792. The molecule has 1 aromatic rings. The molecule has 0 fully saturated rings. The minimum atomic E-state index is -1.10. The number of ether oxygens (including phenoxy) is 3. The zero-order valence-electron chi connectivity index (χ0n) is 13.8. The van der Waals surface area contributed by atoms with E-state index < -0.39 is 23.2 Å². The Morgan fingerprint density at radius 3 is 2.57 bits per heavy atom. The maximum Gasteiger partial charge on any atom is 0.373 e. The Morgan fingerprint density at radius 2 is 2.00 bits per heavy atom. The summed E-state index contributed by atoms with van der Waals surface area (Å²) in [4.78, 5) is 12.2. The maximum atomic E-state index is 14.0. The maximum absolute atomic E-state index is 14.0. The fourth-order valence-electron chi connectivity index (χ4n) is 2.60. The van der Waals surface area contributed by atoms with E-state index in [2.05, 4.69) is 0 Å². The predicted octanol–water partition coefficient (Wildman–Crippen LogP) is 3.69. The zero-order chi connectivity index (χ0) is 17.4. The molecule has 0 aliphatic carbocycles. The molecule has 0 saturated carbocycles. The van der Waals surface area contributed by atoms with Crippen molar-refractivity contribution < 1.29 is 27.8 Å². The first-order valence-electron chi connectivity index (χ1n) is 7.37. The summed E-state index contributed by atoms with van der Waals surface area (Å²) >= 11 is 0. The van der Waals surface area contributed by atoms with Crippen LogP contribution in [0.1, 0.15) is 33.3 Å². The normalized spacial score (nSPS) is 19.5. The van der Waals surface area contributed by atoms with Crippen LogP contribution in [0, 0.1) is 17.6 Å². The summed E-state index contributed by atoms with van der Waals surface area (Å²) in [5.41, 5.74) is 0.0459. The van der Waals surface area contributed by atoms with Gasteiger partial charge in [-0.3, -0.25) is 0 Å². The lowest BCUT2D eigenvalue weighted by molar-refractivity contribution is -0.144. The second-order valence-electron chi connectivity index (χ2n) is 5.83. The molecule has 23 heavy (non-hydrogen) atoms. The molecule has 126 valence electrons. The summed E-state index contributed by atoms with van der Waals surface area (Å²) in [6.45, 7) is 7.34. The number of hydrogen-bond acceptors (Lipinski definition) is 4. The average Bonchev–Trinajstić information content (AvgIpc) is 2.73. The lowest BCUT2D eigenvalue weighted by Crippen LogP contribution is -2.27. The van der Waals surface area contributed by atoms with E-state index in [9.17, 15) is 13.6 Å². The van der Waals surface area contributed by atoms with E-state index in [1.165, 1.54) is 13.2 Å². The van der Waals surface area contributed by atoms with Gasteiger partial charge in [-0.1, -0.05) is 6.92 Å². The van der Waals surface area contributed by atoms with Crippen molar-refractivity contribution >= 4 is 11.5 Å². The lowest BCUT2D eigenvalue weighted by atomic mass is 9.84. The molecule has 1 aliphatic rings. The minimum absolute atomic E-state index is 0.00802. The van der Waals surface area contributed by atoms with Crippen molar-refractivity contribution in [3.8, 4) is 5.75 Å². The van der Waals surface area contributed by atoms with Crippen LogP contribution in [0.5, 0.6) is 5.75 Å². The number of esters is 1. The number of hydrogen-bond donors (Lipinski definition) is 0. The smallest absolute Gasteiger partial charge is 0.373 e. The molecule has 4 nitrogen and oxygen atoms in total. The van der Waals surface area contributed by atoms with Crippen molar-refractivity contribution in [2.75, 3.05) is 13.7 Å².